The molecule has 3 heteroatoms. The van der Waals surface area contributed by atoms with Crippen LogP contribution in [0.4, 0.5) is 10.1 Å². The molecule has 1 aromatic rings. The smallest absolute Gasteiger partial charge is 0.129 e. The zero-order chi connectivity index (χ0) is 13.7. The predicted molar refractivity (Wildman–Crippen MR) is 76.5 cm³/mol. The molecule has 2 nitrogen and oxygen atoms in total. The van der Waals surface area contributed by atoms with E-state index < -0.39 is 0 Å². The van der Waals surface area contributed by atoms with E-state index in [2.05, 4.69) is 31.0 Å². The van der Waals surface area contributed by atoms with Crippen molar-refractivity contribution >= 4 is 5.69 Å². The van der Waals surface area contributed by atoms with Gasteiger partial charge in [-0.05, 0) is 31.5 Å². The minimum atomic E-state index is -0.128. The molecule has 0 saturated heterocycles. The average Bonchev–Trinajstić information content (AvgIpc) is 2.35. The van der Waals surface area contributed by atoms with E-state index in [1.54, 1.807) is 6.07 Å². The summed E-state index contributed by atoms with van der Waals surface area (Å²) in [7, 11) is 2.04. The van der Waals surface area contributed by atoms with Gasteiger partial charge in [0.25, 0.3) is 0 Å². The molecular weight excluding hydrogens is 227 g/mol. The molecule has 0 aliphatic carbocycles. The number of anilines is 1. The third-order valence-corrected chi connectivity index (χ3v) is 3.60. The van der Waals surface area contributed by atoms with Gasteiger partial charge < -0.3 is 10.2 Å². The topological polar surface area (TPSA) is 15.3 Å². The quantitative estimate of drug-likeness (QED) is 0.834. The molecule has 0 amide bonds. The van der Waals surface area contributed by atoms with Crippen LogP contribution in [0.5, 0.6) is 0 Å². The van der Waals surface area contributed by atoms with Crippen molar-refractivity contribution in [3.05, 3.63) is 29.6 Å². The lowest BCUT2D eigenvalue weighted by Gasteiger charge is -2.31. The summed E-state index contributed by atoms with van der Waals surface area (Å²) in [6, 6.07) is 5.69. The molecule has 0 heterocycles. The summed E-state index contributed by atoms with van der Waals surface area (Å²) >= 11 is 0. The number of nitrogens with one attached hydrogen (secondary N) is 1. The van der Waals surface area contributed by atoms with Crippen LogP contribution < -0.4 is 10.2 Å². The third kappa shape index (κ3) is 3.45. The first-order valence-electron chi connectivity index (χ1n) is 6.70. The van der Waals surface area contributed by atoms with Crippen LogP contribution in [-0.2, 0) is 6.54 Å². The van der Waals surface area contributed by atoms with Crippen molar-refractivity contribution in [2.24, 2.45) is 5.92 Å². The van der Waals surface area contributed by atoms with Gasteiger partial charge in [0.1, 0.15) is 5.82 Å². The van der Waals surface area contributed by atoms with Crippen LogP contribution in [0.3, 0.4) is 0 Å². The Morgan fingerprint density at radius 2 is 1.94 bits per heavy atom. The minimum Gasteiger partial charge on any atom is -0.371 e. The van der Waals surface area contributed by atoms with Crippen molar-refractivity contribution in [2.45, 2.75) is 40.3 Å². The Bertz CT molecular complexity index is 377. The van der Waals surface area contributed by atoms with Gasteiger partial charge in [0.05, 0.1) is 0 Å². The van der Waals surface area contributed by atoms with Gasteiger partial charge in [0.15, 0.2) is 0 Å². The highest BCUT2D eigenvalue weighted by Crippen LogP contribution is 2.25. The third-order valence-electron chi connectivity index (χ3n) is 3.60. The number of hydrogen-bond acceptors (Lipinski definition) is 2. The van der Waals surface area contributed by atoms with E-state index in [9.17, 15) is 4.39 Å². The van der Waals surface area contributed by atoms with E-state index in [0.717, 1.165) is 17.8 Å². The molecule has 1 aromatic carbocycles. The number of hydrogen-bond donors (Lipinski definition) is 1. The first-order chi connectivity index (χ1) is 8.49. The van der Waals surface area contributed by atoms with E-state index in [-0.39, 0.29) is 5.82 Å². The average molecular weight is 252 g/mol. The van der Waals surface area contributed by atoms with Gasteiger partial charge in [0.2, 0.25) is 0 Å². The molecule has 1 N–H and O–H groups in total. The van der Waals surface area contributed by atoms with Gasteiger partial charge in [0, 0.05) is 30.9 Å². The van der Waals surface area contributed by atoms with Crippen LogP contribution in [0, 0.1) is 11.7 Å². The summed E-state index contributed by atoms with van der Waals surface area (Å²) < 4.78 is 13.9. The van der Waals surface area contributed by atoms with Gasteiger partial charge >= 0.3 is 0 Å². The van der Waals surface area contributed by atoms with Crippen LogP contribution in [0.15, 0.2) is 18.2 Å². The molecule has 0 radical (unpaired) electrons. The molecule has 0 bridgehead atoms. The monoisotopic (exact) mass is 252 g/mol. The zero-order valence-corrected chi connectivity index (χ0v) is 12.1. The lowest BCUT2D eigenvalue weighted by atomic mass is 10.0. The molecule has 0 aromatic heterocycles. The lowest BCUT2D eigenvalue weighted by molar-refractivity contribution is 0.501. The molecule has 0 aliphatic heterocycles. The molecule has 18 heavy (non-hydrogen) atoms. The van der Waals surface area contributed by atoms with E-state index in [0.29, 0.717) is 18.5 Å². The number of nitrogens with zero attached hydrogens (tertiary/aromatic N) is 1. The molecule has 1 atom stereocenters. The van der Waals surface area contributed by atoms with E-state index in [1.165, 1.54) is 6.07 Å². The maximum atomic E-state index is 13.9. The van der Waals surface area contributed by atoms with Crippen LogP contribution in [-0.4, -0.2) is 19.6 Å². The molecular formula is C15H25FN2. The van der Waals surface area contributed by atoms with E-state index in [1.807, 2.05) is 20.0 Å². The fourth-order valence-electron chi connectivity index (χ4n) is 1.97. The van der Waals surface area contributed by atoms with Gasteiger partial charge in [-0.2, -0.15) is 0 Å². The van der Waals surface area contributed by atoms with Gasteiger partial charge in [-0.25, -0.2) is 4.39 Å². The molecule has 0 aliphatic rings. The Labute approximate surface area is 110 Å². The number of rotatable bonds is 6. The van der Waals surface area contributed by atoms with Crippen LogP contribution in [0.25, 0.3) is 0 Å². The number of halogens is 1. The van der Waals surface area contributed by atoms with Crippen molar-refractivity contribution in [1.29, 1.82) is 0 Å². The molecule has 102 valence electrons. The van der Waals surface area contributed by atoms with E-state index in [4.69, 9.17) is 0 Å². The van der Waals surface area contributed by atoms with E-state index >= 15 is 0 Å². The second-order valence-corrected chi connectivity index (χ2v) is 5.11. The Morgan fingerprint density at radius 1 is 1.28 bits per heavy atom. The number of benzene rings is 1. The molecule has 0 fully saturated rings. The molecule has 1 rings (SSSR count). The fourth-order valence-corrected chi connectivity index (χ4v) is 1.97. The Balaban J connectivity index is 3.03. The van der Waals surface area contributed by atoms with Gasteiger partial charge in [-0.15, -0.1) is 0 Å². The largest absolute Gasteiger partial charge is 0.371 e. The van der Waals surface area contributed by atoms with Crippen molar-refractivity contribution in [1.82, 2.24) is 5.32 Å². The van der Waals surface area contributed by atoms with Crippen molar-refractivity contribution in [2.75, 3.05) is 18.5 Å². The highest BCUT2D eigenvalue weighted by Gasteiger charge is 2.18. The summed E-state index contributed by atoms with van der Waals surface area (Å²) in [5.41, 5.74) is 1.74. The normalized spacial score (nSPS) is 12.8. The van der Waals surface area contributed by atoms with Crippen LogP contribution >= 0.6 is 0 Å². The van der Waals surface area contributed by atoms with Crippen molar-refractivity contribution in [3.8, 4) is 0 Å². The van der Waals surface area contributed by atoms with Crippen molar-refractivity contribution in [3.63, 3.8) is 0 Å². The molecule has 0 spiro atoms. The first kappa shape index (κ1) is 15.0. The maximum Gasteiger partial charge on any atom is 0.129 e. The van der Waals surface area contributed by atoms with Crippen molar-refractivity contribution < 1.29 is 4.39 Å². The Hall–Kier alpha value is -1.09. The highest BCUT2D eigenvalue weighted by molar-refractivity contribution is 5.54. The summed E-state index contributed by atoms with van der Waals surface area (Å²) in [5.74, 6) is 0.404. The maximum absolute atomic E-state index is 13.9. The minimum absolute atomic E-state index is 0.128. The molecule has 1 unspecified atom stereocenters. The lowest BCUT2D eigenvalue weighted by Crippen LogP contribution is -2.34. The predicted octanol–water partition coefficient (Wildman–Crippen LogP) is 3.42. The van der Waals surface area contributed by atoms with Crippen LogP contribution in [0.2, 0.25) is 0 Å². The highest BCUT2D eigenvalue weighted by atomic mass is 19.1. The molecule has 0 saturated carbocycles. The Kier molecular flexibility index (Phi) is 5.60. The van der Waals surface area contributed by atoms with Gasteiger partial charge in [-0.3, -0.25) is 0 Å². The van der Waals surface area contributed by atoms with Crippen LogP contribution in [0.1, 0.15) is 33.3 Å². The van der Waals surface area contributed by atoms with Gasteiger partial charge in [-0.1, -0.05) is 26.8 Å². The summed E-state index contributed by atoms with van der Waals surface area (Å²) in [6.45, 7) is 9.99. The zero-order valence-electron chi connectivity index (χ0n) is 12.1. The summed E-state index contributed by atoms with van der Waals surface area (Å²) in [6.07, 6.45) is 0. The summed E-state index contributed by atoms with van der Waals surface area (Å²) in [4.78, 5) is 2.17. The standard InChI is InChI=1S/C15H25FN2/c1-6-17-10-13-14(16)8-7-9-15(13)18(5)12(4)11(2)3/h7-9,11-12,17H,6,10H2,1-5H3. The summed E-state index contributed by atoms with van der Waals surface area (Å²) in [5, 5.41) is 3.20. The second kappa shape index (κ2) is 6.74. The second-order valence-electron chi connectivity index (χ2n) is 5.11. The Morgan fingerprint density at radius 3 is 2.50 bits per heavy atom. The SMILES string of the molecule is CCNCc1c(F)cccc1N(C)C(C)C(C)C. The first-order valence-corrected chi connectivity index (χ1v) is 6.70. The fraction of sp³-hybridized carbons (Fsp3) is 0.600.